The van der Waals surface area contributed by atoms with Crippen molar-refractivity contribution < 1.29 is 32.6 Å². The molecule has 1 aliphatic heterocycles. The molecule has 1 saturated heterocycles. The van der Waals surface area contributed by atoms with Crippen molar-refractivity contribution in [3.63, 3.8) is 0 Å². The van der Waals surface area contributed by atoms with Crippen LogP contribution in [0.5, 0.6) is 5.75 Å². The van der Waals surface area contributed by atoms with Crippen LogP contribution < -0.4 is 10.1 Å². The molecule has 1 aromatic carbocycles. The highest BCUT2D eigenvalue weighted by Gasteiger charge is 2.33. The third-order valence-corrected chi connectivity index (χ3v) is 7.12. The molecule has 8 nitrogen and oxygen atoms in total. The lowest BCUT2D eigenvalue weighted by molar-refractivity contribution is -0.153. The molecule has 0 atom stereocenters. The number of ether oxygens (including phenoxy) is 1. The van der Waals surface area contributed by atoms with Crippen molar-refractivity contribution in [1.82, 2.24) is 19.8 Å². The van der Waals surface area contributed by atoms with E-state index in [1.54, 1.807) is 13.1 Å². The van der Waals surface area contributed by atoms with Gasteiger partial charge >= 0.3 is 6.18 Å². The quantitative estimate of drug-likeness (QED) is 0.445. The van der Waals surface area contributed by atoms with E-state index in [0.717, 1.165) is 28.8 Å². The van der Waals surface area contributed by atoms with Crippen LogP contribution in [-0.4, -0.2) is 69.9 Å². The predicted molar refractivity (Wildman–Crippen MR) is 141 cm³/mol. The van der Waals surface area contributed by atoms with Gasteiger partial charge in [0.15, 0.2) is 18.1 Å². The number of nitrogens with zero attached hydrogens (tertiary/aromatic N) is 3. The highest BCUT2D eigenvalue weighted by Crippen LogP contribution is 2.37. The number of aryl methyl sites for hydroxylation is 3. The molecule has 210 valence electrons. The first-order valence-corrected chi connectivity index (χ1v) is 13.1. The summed E-state index contributed by atoms with van der Waals surface area (Å²) in [4.78, 5) is 31.5. The van der Waals surface area contributed by atoms with Crippen LogP contribution in [0.3, 0.4) is 0 Å². The summed E-state index contributed by atoms with van der Waals surface area (Å²) in [6.07, 6.45) is -2.23. The molecule has 0 unspecified atom stereocenters. The van der Waals surface area contributed by atoms with Gasteiger partial charge < -0.3 is 24.6 Å². The lowest BCUT2D eigenvalue weighted by atomic mass is 9.99. The number of hydrogen-bond donors (Lipinski definition) is 2. The van der Waals surface area contributed by atoms with Crippen LogP contribution in [0.1, 0.15) is 48.4 Å². The third-order valence-electron chi connectivity index (χ3n) is 7.12. The van der Waals surface area contributed by atoms with Gasteiger partial charge in [0.1, 0.15) is 12.3 Å². The maximum absolute atomic E-state index is 13.5. The number of rotatable bonds is 8. The van der Waals surface area contributed by atoms with E-state index in [9.17, 15) is 22.8 Å². The van der Waals surface area contributed by atoms with Crippen LogP contribution in [0.4, 0.5) is 13.2 Å². The summed E-state index contributed by atoms with van der Waals surface area (Å²) in [5, 5.41) is 12.3. The van der Waals surface area contributed by atoms with Crippen LogP contribution in [0.2, 0.25) is 0 Å². The standard InChI is InChI=1S/C28H33F3N4O4/c1-4-17-6-8-18(9-7-17)20-14-21-25(39-16-28(29,30)31)24(34(3)26(21)33-22(20)5-2)27(38)32-19-10-12-35(13-11-19)23(37)15-36/h6-9,14,19,36H,4-5,10-13,15-16H2,1-3H3,(H,32,38). The molecule has 0 saturated carbocycles. The van der Waals surface area contributed by atoms with Crippen LogP contribution in [0.25, 0.3) is 22.2 Å². The fraction of sp³-hybridized carbons (Fsp3) is 0.464. The summed E-state index contributed by atoms with van der Waals surface area (Å²) in [5.41, 5.74) is 3.86. The summed E-state index contributed by atoms with van der Waals surface area (Å²) >= 11 is 0. The first-order valence-electron chi connectivity index (χ1n) is 13.1. The molecule has 11 heteroatoms. The van der Waals surface area contributed by atoms with Gasteiger partial charge in [-0.05, 0) is 42.9 Å². The number of hydrogen-bond acceptors (Lipinski definition) is 5. The number of piperidine rings is 1. The minimum atomic E-state index is -4.60. The summed E-state index contributed by atoms with van der Waals surface area (Å²) in [6.45, 7) is 2.59. The van der Waals surface area contributed by atoms with Crippen molar-refractivity contribution in [2.24, 2.45) is 7.05 Å². The van der Waals surface area contributed by atoms with E-state index in [1.807, 2.05) is 31.2 Å². The van der Waals surface area contributed by atoms with E-state index < -0.39 is 25.3 Å². The van der Waals surface area contributed by atoms with Gasteiger partial charge in [0.25, 0.3) is 5.91 Å². The second-order valence-corrected chi connectivity index (χ2v) is 9.69. The molecule has 0 bridgehead atoms. The Bertz CT molecular complexity index is 1340. The molecule has 0 radical (unpaired) electrons. The number of pyridine rings is 1. The minimum Gasteiger partial charge on any atom is -0.481 e. The van der Waals surface area contributed by atoms with Gasteiger partial charge in [-0.15, -0.1) is 0 Å². The van der Waals surface area contributed by atoms with Gasteiger partial charge in [-0.2, -0.15) is 13.2 Å². The Balaban J connectivity index is 1.73. The molecule has 0 spiro atoms. The largest absolute Gasteiger partial charge is 0.481 e. The monoisotopic (exact) mass is 546 g/mol. The highest BCUT2D eigenvalue weighted by atomic mass is 19.4. The van der Waals surface area contributed by atoms with Gasteiger partial charge in [-0.1, -0.05) is 38.1 Å². The number of aliphatic hydroxyl groups excluding tert-OH is 1. The van der Waals surface area contributed by atoms with Crippen molar-refractivity contribution in [3.8, 4) is 16.9 Å². The SMILES string of the molecule is CCc1ccc(-c2cc3c(OCC(F)(F)F)c(C(=O)NC4CCN(C(=O)CO)CC4)n(C)c3nc2CC)cc1. The van der Waals surface area contributed by atoms with Gasteiger partial charge in [0, 0.05) is 31.7 Å². The number of likely N-dealkylation sites (tertiary alicyclic amines) is 1. The van der Waals surface area contributed by atoms with Crippen molar-refractivity contribution in [2.45, 2.75) is 51.7 Å². The van der Waals surface area contributed by atoms with E-state index in [1.165, 1.54) is 9.47 Å². The normalized spacial score (nSPS) is 14.6. The van der Waals surface area contributed by atoms with Crippen molar-refractivity contribution >= 4 is 22.8 Å². The Morgan fingerprint density at radius 2 is 1.79 bits per heavy atom. The molecule has 2 N–H and O–H groups in total. The summed E-state index contributed by atoms with van der Waals surface area (Å²) in [6, 6.07) is 9.39. The molecular formula is C28H33F3N4O4. The number of aliphatic hydroxyl groups is 1. The summed E-state index contributed by atoms with van der Waals surface area (Å²) in [7, 11) is 1.59. The predicted octanol–water partition coefficient (Wildman–Crippen LogP) is 4.02. The number of carbonyl (C=O) groups is 2. The van der Waals surface area contributed by atoms with Gasteiger partial charge in [-0.25, -0.2) is 4.98 Å². The van der Waals surface area contributed by atoms with Crippen LogP contribution in [0, 0.1) is 0 Å². The average Bonchev–Trinajstić information content (AvgIpc) is 3.21. The molecule has 3 aromatic rings. The van der Waals surface area contributed by atoms with Crippen molar-refractivity contribution in [3.05, 3.63) is 47.3 Å². The zero-order valence-electron chi connectivity index (χ0n) is 22.3. The Kier molecular flexibility index (Phi) is 8.48. The zero-order chi connectivity index (χ0) is 28.3. The number of benzene rings is 1. The van der Waals surface area contributed by atoms with Crippen molar-refractivity contribution in [1.29, 1.82) is 0 Å². The van der Waals surface area contributed by atoms with E-state index in [0.29, 0.717) is 43.4 Å². The number of halogens is 3. The number of fused-ring (bicyclic) bond motifs is 1. The number of alkyl halides is 3. The van der Waals surface area contributed by atoms with Crippen LogP contribution in [-0.2, 0) is 24.7 Å². The van der Waals surface area contributed by atoms with Crippen LogP contribution >= 0.6 is 0 Å². The smallest absolute Gasteiger partial charge is 0.422 e. The first kappa shape index (κ1) is 28.4. The van der Waals surface area contributed by atoms with E-state index >= 15 is 0 Å². The first-order chi connectivity index (χ1) is 18.6. The summed E-state index contributed by atoms with van der Waals surface area (Å²) < 4.78 is 46.4. The Labute approximate surface area is 224 Å². The topological polar surface area (TPSA) is 96.7 Å². The van der Waals surface area contributed by atoms with Crippen molar-refractivity contribution in [2.75, 3.05) is 26.3 Å². The molecular weight excluding hydrogens is 513 g/mol. The fourth-order valence-electron chi connectivity index (χ4n) is 4.97. The van der Waals surface area contributed by atoms with E-state index in [4.69, 9.17) is 14.8 Å². The second-order valence-electron chi connectivity index (χ2n) is 9.69. The second kappa shape index (κ2) is 11.6. The average molecular weight is 547 g/mol. The molecule has 4 rings (SSSR count). The lowest BCUT2D eigenvalue weighted by Gasteiger charge is -2.32. The molecule has 39 heavy (non-hydrogen) atoms. The number of carbonyl (C=O) groups excluding carboxylic acids is 2. The number of amides is 2. The molecule has 3 heterocycles. The number of aromatic nitrogens is 2. The van der Waals surface area contributed by atoms with Crippen LogP contribution in [0.15, 0.2) is 30.3 Å². The Morgan fingerprint density at radius 1 is 1.13 bits per heavy atom. The maximum atomic E-state index is 13.5. The van der Waals surface area contributed by atoms with E-state index in [2.05, 4.69) is 12.2 Å². The number of nitrogens with one attached hydrogen (secondary N) is 1. The van der Waals surface area contributed by atoms with Gasteiger partial charge in [-0.3, -0.25) is 9.59 Å². The Morgan fingerprint density at radius 3 is 2.36 bits per heavy atom. The van der Waals surface area contributed by atoms with Gasteiger partial charge in [0.2, 0.25) is 5.91 Å². The zero-order valence-corrected chi connectivity index (χ0v) is 22.3. The molecule has 1 aliphatic rings. The Hall–Kier alpha value is -3.60. The maximum Gasteiger partial charge on any atom is 0.422 e. The molecule has 2 aromatic heterocycles. The molecule has 1 fully saturated rings. The third kappa shape index (κ3) is 6.19. The lowest BCUT2D eigenvalue weighted by Crippen LogP contribution is -2.47. The minimum absolute atomic E-state index is 0.0452. The molecule has 2 amide bonds. The fourth-order valence-corrected chi connectivity index (χ4v) is 4.97. The molecule has 0 aliphatic carbocycles. The van der Waals surface area contributed by atoms with E-state index in [-0.39, 0.29) is 23.4 Å². The van der Waals surface area contributed by atoms with Gasteiger partial charge in [0.05, 0.1) is 11.1 Å². The summed E-state index contributed by atoms with van der Waals surface area (Å²) in [5.74, 6) is -1.13. The highest BCUT2D eigenvalue weighted by molar-refractivity contribution is 6.04.